The molecule has 0 unspecified atom stereocenters. The molecule has 7 nitrogen and oxygen atoms in total. The van der Waals surface area contributed by atoms with Gasteiger partial charge in [-0.05, 0) is 26.7 Å². The van der Waals surface area contributed by atoms with Gasteiger partial charge in [0.1, 0.15) is 6.10 Å². The van der Waals surface area contributed by atoms with Crippen LogP contribution >= 0.6 is 0 Å². The van der Waals surface area contributed by atoms with Crippen LogP contribution in [0.2, 0.25) is 0 Å². The van der Waals surface area contributed by atoms with E-state index in [9.17, 15) is 4.79 Å². The van der Waals surface area contributed by atoms with Crippen molar-refractivity contribution >= 4 is 5.91 Å². The molecule has 1 N–H and O–H groups in total. The van der Waals surface area contributed by atoms with Crippen LogP contribution in [0.5, 0.6) is 0 Å². The van der Waals surface area contributed by atoms with Crippen molar-refractivity contribution in [2.75, 3.05) is 6.61 Å². The van der Waals surface area contributed by atoms with E-state index >= 15 is 0 Å². The molecule has 0 bridgehead atoms. The lowest BCUT2D eigenvalue weighted by Gasteiger charge is -2.31. The van der Waals surface area contributed by atoms with Crippen LogP contribution in [0, 0.1) is 6.92 Å². The Morgan fingerprint density at radius 2 is 2.30 bits per heavy atom. The number of nitrogens with zero attached hydrogens (tertiary/aromatic N) is 4. The lowest BCUT2D eigenvalue weighted by atomic mass is 9.97. The Morgan fingerprint density at radius 3 is 2.96 bits per heavy atom. The maximum Gasteiger partial charge on any atom is 0.255 e. The van der Waals surface area contributed by atoms with Crippen LogP contribution in [-0.4, -0.2) is 38.1 Å². The predicted octanol–water partition coefficient (Wildman–Crippen LogP) is 1.60. The molecule has 1 aliphatic heterocycles. The second kappa shape index (κ2) is 6.54. The van der Waals surface area contributed by atoms with Gasteiger partial charge < -0.3 is 10.1 Å². The van der Waals surface area contributed by atoms with Crippen LogP contribution in [0.3, 0.4) is 0 Å². The first kappa shape index (κ1) is 15.7. The second-order valence-corrected chi connectivity index (χ2v) is 5.94. The number of carbonyl (C=O) groups is 1. The van der Waals surface area contributed by atoms with E-state index < -0.39 is 0 Å². The summed E-state index contributed by atoms with van der Waals surface area (Å²) in [6.45, 7) is 5.41. The van der Waals surface area contributed by atoms with Crippen molar-refractivity contribution in [2.24, 2.45) is 7.05 Å². The van der Waals surface area contributed by atoms with Crippen molar-refractivity contribution in [1.29, 1.82) is 0 Å². The van der Waals surface area contributed by atoms with Crippen molar-refractivity contribution in [2.45, 2.75) is 45.4 Å². The van der Waals surface area contributed by atoms with Gasteiger partial charge in [-0.1, -0.05) is 0 Å². The lowest BCUT2D eigenvalue weighted by Crippen LogP contribution is -2.42. The average Bonchev–Trinajstić information content (AvgIpc) is 3.14. The zero-order valence-electron chi connectivity index (χ0n) is 13.8. The number of hydrogen-bond acceptors (Lipinski definition) is 4. The molecular formula is C16H23N5O2. The minimum absolute atomic E-state index is 0.0506. The van der Waals surface area contributed by atoms with Gasteiger partial charge in [0, 0.05) is 38.2 Å². The number of aromatic nitrogens is 4. The first-order valence-corrected chi connectivity index (χ1v) is 8.03. The van der Waals surface area contributed by atoms with Gasteiger partial charge in [-0.15, -0.1) is 0 Å². The topological polar surface area (TPSA) is 74.0 Å². The highest BCUT2D eigenvalue weighted by molar-refractivity contribution is 5.95. The molecule has 1 fully saturated rings. The van der Waals surface area contributed by atoms with Crippen molar-refractivity contribution < 1.29 is 9.53 Å². The standard InChI is InChI=1S/C16H23N5O2/c1-4-21-9-12(8-17-21)15-14(6-5-7-23-15)18-16(22)13-10-20(3)19-11(13)2/h8-10,14-15H,4-7H2,1-3H3,(H,18,22)/t14-,15+/m0/s1. The highest BCUT2D eigenvalue weighted by atomic mass is 16.5. The van der Waals surface area contributed by atoms with Crippen LogP contribution in [0.15, 0.2) is 18.6 Å². The third-order valence-corrected chi connectivity index (χ3v) is 4.20. The first-order valence-electron chi connectivity index (χ1n) is 8.03. The fourth-order valence-corrected chi connectivity index (χ4v) is 3.03. The normalized spacial score (nSPS) is 21.3. The molecular weight excluding hydrogens is 294 g/mol. The first-order chi connectivity index (χ1) is 11.1. The molecule has 1 aliphatic rings. The Labute approximate surface area is 135 Å². The molecule has 3 heterocycles. The minimum Gasteiger partial charge on any atom is -0.371 e. The van der Waals surface area contributed by atoms with Crippen LogP contribution in [0.1, 0.15) is 47.5 Å². The number of hydrogen-bond donors (Lipinski definition) is 1. The van der Waals surface area contributed by atoms with Gasteiger partial charge in [0.05, 0.1) is 23.5 Å². The summed E-state index contributed by atoms with van der Waals surface area (Å²) in [4.78, 5) is 12.5. The molecule has 3 rings (SSSR count). The van der Waals surface area contributed by atoms with Crippen molar-refractivity contribution in [1.82, 2.24) is 24.9 Å². The van der Waals surface area contributed by atoms with Gasteiger partial charge >= 0.3 is 0 Å². The van der Waals surface area contributed by atoms with E-state index in [1.54, 1.807) is 10.9 Å². The maximum atomic E-state index is 12.5. The Morgan fingerprint density at radius 1 is 1.48 bits per heavy atom. The number of aryl methyl sites for hydroxylation is 3. The molecule has 0 aliphatic carbocycles. The van der Waals surface area contributed by atoms with Gasteiger partial charge in [0.25, 0.3) is 5.91 Å². The molecule has 23 heavy (non-hydrogen) atoms. The number of carbonyl (C=O) groups excluding carboxylic acids is 1. The fraction of sp³-hybridized carbons (Fsp3) is 0.562. The molecule has 7 heteroatoms. The smallest absolute Gasteiger partial charge is 0.255 e. The van der Waals surface area contributed by atoms with Gasteiger partial charge in [0.2, 0.25) is 0 Å². The van der Waals surface area contributed by atoms with Crippen LogP contribution in [0.4, 0.5) is 0 Å². The summed E-state index contributed by atoms with van der Waals surface area (Å²) in [6, 6.07) is -0.0506. The summed E-state index contributed by atoms with van der Waals surface area (Å²) in [5, 5.41) is 11.6. The number of amides is 1. The van der Waals surface area contributed by atoms with Gasteiger partial charge in [-0.2, -0.15) is 10.2 Å². The third-order valence-electron chi connectivity index (χ3n) is 4.20. The Bertz CT molecular complexity index is 690. The Balaban J connectivity index is 1.76. The van der Waals surface area contributed by atoms with Crippen molar-refractivity contribution in [3.05, 3.63) is 35.4 Å². The molecule has 2 atom stereocenters. The van der Waals surface area contributed by atoms with Gasteiger partial charge in [-0.25, -0.2) is 0 Å². The van der Waals surface area contributed by atoms with E-state index in [1.807, 2.05) is 38.0 Å². The maximum absolute atomic E-state index is 12.5. The summed E-state index contributed by atoms with van der Waals surface area (Å²) < 4.78 is 9.45. The van der Waals surface area contributed by atoms with Crippen LogP contribution < -0.4 is 5.32 Å². The summed E-state index contributed by atoms with van der Waals surface area (Å²) in [6.07, 6.45) is 7.25. The summed E-state index contributed by atoms with van der Waals surface area (Å²) in [5.41, 5.74) is 2.36. The zero-order valence-corrected chi connectivity index (χ0v) is 13.8. The molecule has 0 aromatic carbocycles. The van der Waals surface area contributed by atoms with Gasteiger partial charge in [0.15, 0.2) is 0 Å². The molecule has 0 spiro atoms. The highest BCUT2D eigenvalue weighted by Crippen LogP contribution is 2.28. The number of ether oxygens (including phenoxy) is 1. The summed E-state index contributed by atoms with van der Waals surface area (Å²) >= 11 is 0. The van der Waals surface area contributed by atoms with E-state index in [-0.39, 0.29) is 18.1 Å². The SMILES string of the molecule is CCn1cc([C@H]2OCCC[C@@H]2NC(=O)c2cn(C)nc2C)cn1. The zero-order chi connectivity index (χ0) is 16.4. The highest BCUT2D eigenvalue weighted by Gasteiger charge is 2.30. The minimum atomic E-state index is -0.148. The fourth-order valence-electron chi connectivity index (χ4n) is 3.03. The predicted molar refractivity (Wildman–Crippen MR) is 85.0 cm³/mol. The lowest BCUT2D eigenvalue weighted by molar-refractivity contribution is -0.00951. The number of nitrogens with one attached hydrogen (secondary N) is 1. The van der Waals surface area contributed by atoms with Crippen LogP contribution in [-0.2, 0) is 18.3 Å². The molecule has 124 valence electrons. The third kappa shape index (κ3) is 3.29. The summed E-state index contributed by atoms with van der Waals surface area (Å²) in [5.74, 6) is -0.0982. The van der Waals surface area contributed by atoms with E-state index in [0.717, 1.165) is 30.6 Å². The van der Waals surface area contributed by atoms with Gasteiger partial charge in [-0.3, -0.25) is 14.2 Å². The van der Waals surface area contributed by atoms with E-state index in [2.05, 4.69) is 15.5 Å². The second-order valence-electron chi connectivity index (χ2n) is 5.94. The molecule has 0 radical (unpaired) electrons. The summed E-state index contributed by atoms with van der Waals surface area (Å²) in [7, 11) is 1.81. The van der Waals surface area contributed by atoms with E-state index in [4.69, 9.17) is 4.74 Å². The van der Waals surface area contributed by atoms with Crippen molar-refractivity contribution in [3.63, 3.8) is 0 Å². The molecule has 2 aromatic rings. The molecule has 0 saturated carbocycles. The molecule has 1 amide bonds. The largest absolute Gasteiger partial charge is 0.371 e. The van der Waals surface area contributed by atoms with E-state index in [0.29, 0.717) is 12.2 Å². The Kier molecular flexibility index (Phi) is 4.47. The van der Waals surface area contributed by atoms with Crippen LogP contribution in [0.25, 0.3) is 0 Å². The quantitative estimate of drug-likeness (QED) is 0.929. The molecule has 2 aromatic heterocycles. The van der Waals surface area contributed by atoms with Crippen molar-refractivity contribution in [3.8, 4) is 0 Å². The monoisotopic (exact) mass is 317 g/mol. The van der Waals surface area contributed by atoms with E-state index in [1.165, 1.54) is 0 Å². The molecule has 1 saturated heterocycles. The number of rotatable bonds is 4. The average molecular weight is 317 g/mol. The Hall–Kier alpha value is -2.15.